The summed E-state index contributed by atoms with van der Waals surface area (Å²) in [6, 6.07) is -1.01. The maximum atomic E-state index is 9.44. The second-order valence-corrected chi connectivity index (χ2v) is 2.54. The van der Waals surface area contributed by atoms with Crippen LogP contribution in [0.1, 0.15) is 0 Å². The first-order valence-corrected chi connectivity index (χ1v) is 4.37. The van der Waals surface area contributed by atoms with Gasteiger partial charge >= 0.3 is 27.3 Å². The first kappa shape index (κ1) is 19.5. The molecular weight excluding hydrogens is 309 g/mol. The Bertz CT molecular complexity index is 115. The standard InChI is InChI=1S/2C3H6NOS.Cd/c2*4-3(1-5)2-6;/h2*3,6H,2,4H2;/q2*-1;+2/t2*3-;/m11./s1. The van der Waals surface area contributed by atoms with Gasteiger partial charge in [-0.3, -0.25) is 0 Å². The van der Waals surface area contributed by atoms with Gasteiger partial charge in [0.2, 0.25) is 0 Å². The predicted octanol–water partition coefficient (Wildman–Crippen LogP) is -1.30. The van der Waals surface area contributed by atoms with Gasteiger partial charge in [0.1, 0.15) is 0 Å². The molecule has 0 saturated heterocycles. The van der Waals surface area contributed by atoms with E-state index < -0.39 is 12.1 Å². The van der Waals surface area contributed by atoms with Gasteiger partial charge in [-0.2, -0.15) is 25.3 Å². The molecule has 0 rings (SSSR count). The summed E-state index contributed by atoms with van der Waals surface area (Å²) >= 11 is 7.42. The van der Waals surface area contributed by atoms with Crippen molar-refractivity contribution in [2.75, 3.05) is 11.5 Å². The topological polar surface area (TPSA) is 86.2 Å². The van der Waals surface area contributed by atoms with Gasteiger partial charge in [0.25, 0.3) is 0 Å². The van der Waals surface area contributed by atoms with Crippen molar-refractivity contribution in [3.8, 4) is 0 Å². The normalized spacial score (nSPS) is 12.6. The summed E-state index contributed by atoms with van der Waals surface area (Å²) in [5, 5.41) is 0. The number of hydrogen-bond donors (Lipinski definition) is 4. The van der Waals surface area contributed by atoms with Gasteiger partial charge in [0.15, 0.2) is 0 Å². The molecule has 0 aliphatic rings. The molecule has 0 aromatic rings. The Morgan fingerprint density at radius 1 is 1.00 bits per heavy atom. The molecule has 0 heterocycles. The first-order valence-electron chi connectivity index (χ1n) is 3.10. The Morgan fingerprint density at radius 3 is 1.23 bits per heavy atom. The number of thiol groups is 2. The van der Waals surface area contributed by atoms with Crippen LogP contribution in [-0.4, -0.2) is 36.2 Å². The van der Waals surface area contributed by atoms with Crippen LogP contribution < -0.4 is 11.5 Å². The minimum absolute atomic E-state index is 0. The van der Waals surface area contributed by atoms with Crippen LogP contribution in [0.5, 0.6) is 0 Å². The summed E-state index contributed by atoms with van der Waals surface area (Å²) in [7, 11) is 0. The predicted molar refractivity (Wildman–Crippen MR) is 55.0 cm³/mol. The van der Waals surface area contributed by atoms with Crippen molar-refractivity contribution in [3.63, 3.8) is 0 Å². The van der Waals surface area contributed by atoms with Crippen LogP contribution in [0.4, 0.5) is 0 Å². The van der Waals surface area contributed by atoms with Gasteiger partial charge in [-0.15, -0.1) is 0 Å². The van der Waals surface area contributed by atoms with E-state index in [1.165, 1.54) is 0 Å². The average molecular weight is 321 g/mol. The molecule has 0 radical (unpaired) electrons. The second-order valence-electron chi connectivity index (χ2n) is 1.81. The Morgan fingerprint density at radius 2 is 1.23 bits per heavy atom. The van der Waals surface area contributed by atoms with E-state index in [1.807, 2.05) is 0 Å². The third kappa shape index (κ3) is 19.3. The smallest absolute Gasteiger partial charge is 0.540 e. The van der Waals surface area contributed by atoms with E-state index in [1.54, 1.807) is 12.6 Å². The number of carbonyl (C=O) groups excluding carboxylic acids is 2. The van der Waals surface area contributed by atoms with E-state index in [0.717, 1.165) is 0 Å². The van der Waals surface area contributed by atoms with E-state index in [9.17, 15) is 9.59 Å². The van der Waals surface area contributed by atoms with E-state index in [4.69, 9.17) is 11.5 Å². The van der Waals surface area contributed by atoms with E-state index in [0.29, 0.717) is 11.5 Å². The van der Waals surface area contributed by atoms with E-state index >= 15 is 0 Å². The molecular formula is C6H12CdN2O2S2. The zero-order valence-electron chi connectivity index (χ0n) is 7.14. The zero-order chi connectivity index (χ0) is 9.98. The monoisotopic (exact) mass is 322 g/mol. The van der Waals surface area contributed by atoms with Crippen molar-refractivity contribution >= 4 is 37.8 Å². The van der Waals surface area contributed by atoms with Gasteiger partial charge < -0.3 is 21.1 Å². The second kappa shape index (κ2) is 15.4. The van der Waals surface area contributed by atoms with Crippen molar-refractivity contribution in [3.05, 3.63) is 0 Å². The number of hydrogen-bond acceptors (Lipinski definition) is 6. The summed E-state index contributed by atoms with van der Waals surface area (Å²) in [6.07, 6.45) is 3.13. The summed E-state index contributed by atoms with van der Waals surface area (Å²) < 4.78 is 0. The molecule has 0 aliphatic carbocycles. The molecule has 0 aliphatic heterocycles. The van der Waals surface area contributed by atoms with Gasteiger partial charge in [0.05, 0.1) is 0 Å². The molecule has 4 nitrogen and oxygen atoms in total. The molecule has 13 heavy (non-hydrogen) atoms. The van der Waals surface area contributed by atoms with Crippen LogP contribution in [-0.2, 0) is 36.9 Å². The summed E-state index contributed by atoms with van der Waals surface area (Å²) in [6.45, 7) is 0. The fourth-order valence-electron chi connectivity index (χ4n) is 0.0745. The van der Waals surface area contributed by atoms with Crippen molar-refractivity contribution in [1.29, 1.82) is 0 Å². The number of rotatable bonds is 4. The fourth-order valence-corrected chi connectivity index (χ4v) is 0.224. The molecule has 0 saturated carbocycles. The van der Waals surface area contributed by atoms with Gasteiger partial charge in [-0.05, 0) is 11.5 Å². The molecule has 7 heteroatoms. The van der Waals surface area contributed by atoms with Crippen LogP contribution in [0, 0.1) is 0 Å². The minimum atomic E-state index is -0.506. The molecule has 0 unspecified atom stereocenters. The SMILES string of the molecule is N[C@H]([C-]=O)CS.N[C@H]([C-]=O)CS.[Cd+2]. The molecule has 0 aromatic carbocycles. The van der Waals surface area contributed by atoms with E-state index in [2.05, 4.69) is 25.3 Å². The van der Waals surface area contributed by atoms with Gasteiger partial charge in [0, 0.05) is 0 Å². The average Bonchev–Trinajstić information content (AvgIpc) is 2.16. The van der Waals surface area contributed by atoms with Crippen LogP contribution in [0.2, 0.25) is 0 Å². The third-order valence-electron chi connectivity index (χ3n) is 0.696. The maximum absolute atomic E-state index is 9.44. The first-order chi connectivity index (χ1) is 5.62. The maximum Gasteiger partial charge on any atom is 2.00 e. The molecule has 0 fully saturated rings. The third-order valence-corrected chi connectivity index (χ3v) is 1.48. The summed E-state index contributed by atoms with van der Waals surface area (Å²) in [5.74, 6) is 0.757. The quantitative estimate of drug-likeness (QED) is 0.295. The van der Waals surface area contributed by atoms with Crippen LogP contribution >= 0.6 is 25.3 Å². The van der Waals surface area contributed by atoms with Crippen LogP contribution in [0.15, 0.2) is 0 Å². The molecule has 0 spiro atoms. The summed E-state index contributed by atoms with van der Waals surface area (Å²) in [4.78, 5) is 18.9. The summed E-state index contributed by atoms with van der Waals surface area (Å²) in [5.41, 5.74) is 9.94. The largest absolute Gasteiger partial charge is 2.00 e. The van der Waals surface area contributed by atoms with Gasteiger partial charge in [-0.25, -0.2) is 12.6 Å². The molecule has 0 aromatic heterocycles. The minimum Gasteiger partial charge on any atom is -0.540 e. The van der Waals surface area contributed by atoms with Crippen molar-refractivity contribution in [1.82, 2.24) is 0 Å². The number of nitrogens with two attached hydrogens (primary N) is 2. The Kier molecular flexibility index (Phi) is 23.0. The zero-order valence-corrected chi connectivity index (χ0v) is 13.0. The Hall–Kier alpha value is 0.882. The Labute approximate surface area is 109 Å². The van der Waals surface area contributed by atoms with E-state index in [-0.39, 0.29) is 27.3 Å². The molecule has 72 valence electrons. The van der Waals surface area contributed by atoms with Crippen LogP contribution in [0.3, 0.4) is 0 Å². The van der Waals surface area contributed by atoms with Crippen LogP contribution in [0.25, 0.3) is 0 Å². The fraction of sp³-hybridized carbons (Fsp3) is 0.667. The Balaban J connectivity index is -0.000000143. The van der Waals surface area contributed by atoms with Crippen molar-refractivity contribution in [2.24, 2.45) is 11.5 Å². The van der Waals surface area contributed by atoms with Crippen molar-refractivity contribution in [2.45, 2.75) is 12.1 Å². The molecule has 0 amide bonds. The molecule has 0 bridgehead atoms. The van der Waals surface area contributed by atoms with Crippen molar-refractivity contribution < 1.29 is 36.9 Å². The van der Waals surface area contributed by atoms with Gasteiger partial charge in [-0.1, -0.05) is 12.1 Å². The molecule has 2 atom stereocenters. The molecule has 4 N–H and O–H groups in total.